The Hall–Kier alpha value is -2.44. The molecule has 5 aromatic carbocycles. The van der Waals surface area contributed by atoms with E-state index in [4.69, 9.17) is 0 Å². The van der Waals surface area contributed by atoms with E-state index in [2.05, 4.69) is 97.1 Å². The van der Waals surface area contributed by atoms with Crippen LogP contribution in [0.25, 0.3) is 11.1 Å². The largest absolute Gasteiger partial charge is 0.214 e. The van der Waals surface area contributed by atoms with E-state index in [1.54, 1.807) is 27.4 Å². The molecule has 3 heteroatoms. The summed E-state index contributed by atoms with van der Waals surface area (Å²) in [5, 5.41) is 0. The van der Waals surface area contributed by atoms with Crippen LogP contribution >= 0.6 is 0 Å². The Balaban J connectivity index is 0.000000309. The van der Waals surface area contributed by atoms with Crippen LogP contribution < -0.4 is 24.8 Å². The number of benzene rings is 4. The van der Waals surface area contributed by atoms with Crippen LogP contribution in [0.15, 0.2) is 121 Å². The molecule has 0 N–H and O–H groups in total. The fourth-order valence-electron chi connectivity index (χ4n) is 4.47. The van der Waals surface area contributed by atoms with E-state index in [0.29, 0.717) is 0 Å². The van der Waals surface area contributed by atoms with Gasteiger partial charge < -0.3 is 24.8 Å². The van der Waals surface area contributed by atoms with Crippen molar-refractivity contribution in [3.8, 4) is 11.1 Å². The fraction of sp³-hybridized carbons (Fsp3) is 0.143. The van der Waals surface area contributed by atoms with E-state index in [0.717, 1.165) is 19.3 Å². The van der Waals surface area contributed by atoms with E-state index < -0.39 is 0 Å². The minimum absolute atomic E-state index is 0. The van der Waals surface area contributed by atoms with Crippen LogP contribution in [0.5, 0.6) is 0 Å². The average molecular weight is 613 g/mol. The smallest absolute Gasteiger partial charge is 0.00257 e. The maximum Gasteiger partial charge on any atom is -0.00257 e. The topological polar surface area (TPSA) is 0 Å². The molecule has 1 fully saturated rings. The molecule has 0 spiro atoms. The van der Waals surface area contributed by atoms with Gasteiger partial charge in [-0.2, -0.15) is 42.0 Å². The van der Waals surface area contributed by atoms with E-state index >= 15 is 0 Å². The van der Waals surface area contributed by atoms with Gasteiger partial charge in [0.05, 0.1) is 0 Å². The van der Waals surface area contributed by atoms with Gasteiger partial charge in [0, 0.05) is 0 Å². The van der Waals surface area contributed by atoms with E-state index in [9.17, 15) is 0 Å². The third-order valence-electron chi connectivity index (χ3n) is 6.46. The van der Waals surface area contributed by atoms with E-state index in [1.165, 1.54) is 57.3 Å². The van der Waals surface area contributed by atoms with Crippen LogP contribution in [-0.4, -0.2) is 3.21 Å². The molecule has 1 saturated carbocycles. The van der Waals surface area contributed by atoms with Crippen molar-refractivity contribution in [1.29, 1.82) is 0 Å². The Labute approximate surface area is 254 Å². The van der Waals surface area contributed by atoms with Crippen LogP contribution in [0.3, 0.4) is 0 Å². The van der Waals surface area contributed by atoms with Crippen LogP contribution in [0.1, 0.15) is 46.2 Å². The van der Waals surface area contributed by atoms with Gasteiger partial charge in [-0.25, -0.2) is 12.1 Å². The Kier molecular flexibility index (Phi) is 12.1. The first-order valence-corrected chi connectivity index (χ1v) is 13.9. The summed E-state index contributed by atoms with van der Waals surface area (Å²) in [6.07, 6.45) is 5.82. The zero-order valence-electron chi connectivity index (χ0n) is 21.3. The summed E-state index contributed by atoms with van der Waals surface area (Å²) in [5.41, 5.74) is 10.9. The van der Waals surface area contributed by atoms with Gasteiger partial charge in [-0.3, -0.25) is 0 Å². The summed E-state index contributed by atoms with van der Waals surface area (Å²) >= 11 is 1.66. The molecule has 0 aromatic heterocycles. The van der Waals surface area contributed by atoms with E-state index in [-0.39, 0.29) is 24.8 Å². The van der Waals surface area contributed by atoms with Crippen molar-refractivity contribution in [2.75, 3.05) is 0 Å². The number of hydrogen-bond acceptors (Lipinski definition) is 0. The Morgan fingerprint density at radius 3 is 1.76 bits per heavy atom. The van der Waals surface area contributed by atoms with Gasteiger partial charge in [-0.1, -0.05) is 84.4 Å². The van der Waals surface area contributed by atoms with Crippen molar-refractivity contribution in [3.63, 3.8) is 0 Å². The SMILES string of the molecule is [Cl-].[Cl-].[Zr+2]=[C]1CC1.[c-]1c(Cc2ccccc2)ccc2c1Cc1cc(Cc3ccccc3)ccc1-2.c1cc[cH-]c1. The van der Waals surface area contributed by atoms with E-state index in [1.807, 2.05) is 30.3 Å². The molecule has 38 heavy (non-hydrogen) atoms. The number of halogens is 2. The van der Waals surface area contributed by atoms with Crippen molar-refractivity contribution >= 4 is 3.21 Å². The van der Waals surface area contributed by atoms with Crippen LogP contribution in [0.4, 0.5) is 0 Å². The molecule has 7 rings (SSSR count). The molecule has 2 aliphatic rings. The monoisotopic (exact) mass is 610 g/mol. The molecule has 0 heterocycles. The zero-order valence-corrected chi connectivity index (χ0v) is 25.3. The first-order valence-electron chi connectivity index (χ1n) is 12.7. The standard InChI is InChI=1S/C27H21.C5H5.C3H4.2ClH.Zr/c1-3-7-20(8-4-1)15-22-11-13-26-24(17-22)19-25-18-23(12-14-27(25)26)16-21-9-5-2-6-10-21;1-2-4-5-3-1;1-2-3-1;;;/h1-14,17H,15-16,19H2;1-5H;1-2H2;2*1H;/q2*-1;;;;+2/p-2. The van der Waals surface area contributed by atoms with Crippen LogP contribution in [0.2, 0.25) is 0 Å². The first-order chi connectivity index (χ1) is 17.7. The maximum atomic E-state index is 3.69. The molecule has 2 aliphatic carbocycles. The minimum Gasteiger partial charge on any atom is -0.214 e. The summed E-state index contributed by atoms with van der Waals surface area (Å²) < 4.78 is 1.76. The molecule has 0 saturated heterocycles. The van der Waals surface area contributed by atoms with Gasteiger partial charge in [0.2, 0.25) is 0 Å². The molecule has 0 atom stereocenters. The summed E-state index contributed by atoms with van der Waals surface area (Å²) in [5.74, 6) is 0. The molecular formula is C35H30Cl2Zr-2. The molecule has 0 radical (unpaired) electrons. The Bertz CT molecular complexity index is 1300. The van der Waals surface area contributed by atoms with Gasteiger partial charge in [-0.05, 0) is 41.5 Å². The van der Waals surface area contributed by atoms with Gasteiger partial charge in [-0.15, -0.1) is 11.1 Å². The summed E-state index contributed by atoms with van der Waals surface area (Å²) in [6, 6.07) is 46.5. The number of fused-ring (bicyclic) bond motifs is 3. The van der Waals surface area contributed by atoms with Gasteiger partial charge >= 0.3 is 40.3 Å². The molecule has 190 valence electrons. The Morgan fingerprint density at radius 2 is 1.21 bits per heavy atom. The molecule has 0 amide bonds. The molecule has 5 aromatic rings. The van der Waals surface area contributed by atoms with Gasteiger partial charge in [0.25, 0.3) is 0 Å². The van der Waals surface area contributed by atoms with Crippen LogP contribution in [0, 0.1) is 6.07 Å². The summed E-state index contributed by atoms with van der Waals surface area (Å²) in [6.45, 7) is 0. The zero-order chi connectivity index (χ0) is 24.6. The summed E-state index contributed by atoms with van der Waals surface area (Å²) in [4.78, 5) is 0. The molecule has 0 aliphatic heterocycles. The average Bonchev–Trinajstić information content (AvgIpc) is 3.34. The normalized spacial score (nSPS) is 11.8. The van der Waals surface area contributed by atoms with Crippen LogP contribution in [-0.2, 0) is 43.5 Å². The quantitative estimate of drug-likeness (QED) is 0.268. The third kappa shape index (κ3) is 8.81. The molecule has 0 bridgehead atoms. The maximum absolute atomic E-state index is 3.69. The fourth-order valence-corrected chi connectivity index (χ4v) is 4.78. The van der Waals surface area contributed by atoms with Gasteiger partial charge in [0.15, 0.2) is 0 Å². The van der Waals surface area contributed by atoms with Crippen molar-refractivity contribution in [3.05, 3.63) is 161 Å². The minimum atomic E-state index is 0. The molecular weight excluding hydrogens is 583 g/mol. The second-order valence-corrected chi connectivity index (χ2v) is 11.2. The third-order valence-corrected chi connectivity index (χ3v) is 7.69. The number of hydrogen-bond donors (Lipinski definition) is 0. The molecule has 0 unspecified atom stereocenters. The Morgan fingerprint density at radius 1 is 0.632 bits per heavy atom. The predicted octanol–water partition coefficient (Wildman–Crippen LogP) is 2.15. The van der Waals surface area contributed by atoms with Crippen molar-refractivity contribution in [2.24, 2.45) is 0 Å². The van der Waals surface area contributed by atoms with Crippen molar-refractivity contribution < 1.29 is 49.0 Å². The second-order valence-electron chi connectivity index (χ2n) is 9.43. The predicted molar refractivity (Wildman–Crippen MR) is 148 cm³/mol. The van der Waals surface area contributed by atoms with Gasteiger partial charge in [0.1, 0.15) is 0 Å². The molecule has 0 nitrogen and oxygen atoms in total. The number of rotatable bonds is 4. The van der Waals surface area contributed by atoms with Crippen molar-refractivity contribution in [1.82, 2.24) is 0 Å². The summed E-state index contributed by atoms with van der Waals surface area (Å²) in [7, 11) is 0. The second kappa shape index (κ2) is 15.2. The first kappa shape index (κ1) is 30.1. The van der Waals surface area contributed by atoms with Crippen molar-refractivity contribution in [2.45, 2.75) is 32.1 Å².